The molecule has 0 atom stereocenters. The standard InChI is InChI=1S/C14H15N3O3S/c1-15-14(18)9-11-4-6-12(7-5-11)17-21(19,20)13-3-2-8-16-10-13/h2-8,10,17H,9H2,1H3,(H,15,18). The van der Waals surface area contributed by atoms with Gasteiger partial charge in [-0.05, 0) is 29.8 Å². The number of carbonyl (C=O) groups excluding carboxylic acids is 1. The predicted molar refractivity (Wildman–Crippen MR) is 79.3 cm³/mol. The van der Waals surface area contributed by atoms with Crippen molar-refractivity contribution in [2.45, 2.75) is 11.3 Å². The number of likely N-dealkylation sites (N-methyl/N-ethyl adjacent to an activating group) is 1. The van der Waals surface area contributed by atoms with E-state index in [1.54, 1.807) is 37.4 Å². The first-order valence-electron chi connectivity index (χ1n) is 6.23. The Labute approximate surface area is 123 Å². The number of carbonyl (C=O) groups is 1. The summed E-state index contributed by atoms with van der Waals surface area (Å²) in [6.45, 7) is 0. The molecule has 0 unspecified atom stereocenters. The lowest BCUT2D eigenvalue weighted by molar-refractivity contribution is -0.119. The van der Waals surface area contributed by atoms with E-state index in [0.29, 0.717) is 5.69 Å². The van der Waals surface area contributed by atoms with Crippen LogP contribution in [0.1, 0.15) is 5.56 Å². The number of pyridine rings is 1. The lowest BCUT2D eigenvalue weighted by Crippen LogP contribution is -2.19. The van der Waals surface area contributed by atoms with Crippen molar-refractivity contribution in [3.05, 3.63) is 54.4 Å². The molecule has 0 spiro atoms. The molecule has 110 valence electrons. The summed E-state index contributed by atoms with van der Waals surface area (Å²) in [4.78, 5) is 15.1. The molecule has 2 N–H and O–H groups in total. The molecule has 0 saturated carbocycles. The highest BCUT2D eigenvalue weighted by molar-refractivity contribution is 7.92. The topological polar surface area (TPSA) is 88.2 Å². The van der Waals surface area contributed by atoms with Crippen molar-refractivity contribution in [3.8, 4) is 0 Å². The first-order valence-corrected chi connectivity index (χ1v) is 7.72. The van der Waals surface area contributed by atoms with Crippen LogP contribution in [0.4, 0.5) is 5.69 Å². The summed E-state index contributed by atoms with van der Waals surface area (Å²) in [5.41, 5.74) is 1.23. The number of benzene rings is 1. The predicted octanol–water partition coefficient (Wildman–Crippen LogP) is 1.17. The number of aromatic nitrogens is 1. The summed E-state index contributed by atoms with van der Waals surface area (Å²) in [5.74, 6) is -0.0984. The summed E-state index contributed by atoms with van der Waals surface area (Å²) >= 11 is 0. The minimum Gasteiger partial charge on any atom is -0.359 e. The Bertz CT molecular complexity index is 713. The molecule has 2 rings (SSSR count). The zero-order valence-corrected chi connectivity index (χ0v) is 12.2. The van der Waals surface area contributed by atoms with Crippen molar-refractivity contribution in [1.29, 1.82) is 0 Å². The van der Waals surface area contributed by atoms with Crippen LogP contribution in [0.2, 0.25) is 0 Å². The molecule has 0 aliphatic heterocycles. The van der Waals surface area contributed by atoms with Crippen LogP contribution in [-0.2, 0) is 21.2 Å². The molecule has 1 amide bonds. The van der Waals surface area contributed by atoms with Crippen molar-refractivity contribution in [3.63, 3.8) is 0 Å². The normalized spacial score (nSPS) is 10.9. The number of nitrogens with zero attached hydrogens (tertiary/aromatic N) is 1. The monoisotopic (exact) mass is 305 g/mol. The van der Waals surface area contributed by atoms with Gasteiger partial charge in [-0.15, -0.1) is 0 Å². The molecule has 0 aliphatic rings. The SMILES string of the molecule is CNC(=O)Cc1ccc(NS(=O)(=O)c2cccnc2)cc1. The van der Waals surface area contributed by atoms with Crippen LogP contribution in [0.3, 0.4) is 0 Å². The molecule has 1 heterocycles. The van der Waals surface area contributed by atoms with Gasteiger partial charge in [-0.25, -0.2) is 8.42 Å². The maximum absolute atomic E-state index is 12.1. The summed E-state index contributed by atoms with van der Waals surface area (Å²) in [6.07, 6.45) is 3.04. The van der Waals surface area contributed by atoms with E-state index in [2.05, 4.69) is 15.0 Å². The second-order valence-electron chi connectivity index (χ2n) is 4.34. The number of amides is 1. The van der Waals surface area contributed by atoms with Gasteiger partial charge in [0.2, 0.25) is 5.91 Å². The maximum atomic E-state index is 12.1. The Morgan fingerprint density at radius 2 is 1.90 bits per heavy atom. The van der Waals surface area contributed by atoms with Crippen molar-refractivity contribution < 1.29 is 13.2 Å². The van der Waals surface area contributed by atoms with Crippen molar-refractivity contribution in [2.75, 3.05) is 11.8 Å². The zero-order valence-electron chi connectivity index (χ0n) is 11.4. The van der Waals surface area contributed by atoms with E-state index in [4.69, 9.17) is 0 Å². The number of sulfonamides is 1. The second-order valence-corrected chi connectivity index (χ2v) is 6.02. The van der Waals surface area contributed by atoms with Gasteiger partial charge < -0.3 is 5.32 Å². The Hall–Kier alpha value is -2.41. The first kappa shape index (κ1) is 15.0. The fraction of sp³-hybridized carbons (Fsp3) is 0.143. The lowest BCUT2D eigenvalue weighted by Gasteiger charge is -2.08. The third-order valence-corrected chi connectivity index (χ3v) is 4.16. The van der Waals surface area contributed by atoms with Crippen molar-refractivity contribution in [1.82, 2.24) is 10.3 Å². The Morgan fingerprint density at radius 1 is 1.19 bits per heavy atom. The number of hydrogen-bond donors (Lipinski definition) is 2. The van der Waals surface area contributed by atoms with E-state index in [1.165, 1.54) is 18.5 Å². The highest BCUT2D eigenvalue weighted by atomic mass is 32.2. The number of rotatable bonds is 5. The van der Waals surface area contributed by atoms with Crippen LogP contribution in [0.5, 0.6) is 0 Å². The average molecular weight is 305 g/mol. The van der Waals surface area contributed by atoms with Gasteiger partial charge in [-0.1, -0.05) is 12.1 Å². The second kappa shape index (κ2) is 6.36. The largest absolute Gasteiger partial charge is 0.359 e. The number of anilines is 1. The van der Waals surface area contributed by atoms with Crippen LogP contribution in [0, 0.1) is 0 Å². The molecule has 21 heavy (non-hydrogen) atoms. The summed E-state index contributed by atoms with van der Waals surface area (Å²) in [7, 11) is -2.08. The van der Waals surface area contributed by atoms with Gasteiger partial charge >= 0.3 is 0 Å². The highest BCUT2D eigenvalue weighted by Crippen LogP contribution is 2.16. The van der Waals surface area contributed by atoms with Gasteiger partial charge in [0.15, 0.2) is 0 Å². The number of nitrogens with one attached hydrogen (secondary N) is 2. The summed E-state index contributed by atoms with van der Waals surface area (Å²) < 4.78 is 26.7. The van der Waals surface area contributed by atoms with Gasteiger partial charge in [-0.2, -0.15) is 0 Å². The highest BCUT2D eigenvalue weighted by Gasteiger charge is 2.13. The average Bonchev–Trinajstić information content (AvgIpc) is 2.50. The van der Waals surface area contributed by atoms with Crippen LogP contribution in [0.25, 0.3) is 0 Å². The molecule has 2 aromatic rings. The third-order valence-electron chi connectivity index (χ3n) is 2.79. The smallest absolute Gasteiger partial charge is 0.263 e. The quantitative estimate of drug-likeness (QED) is 0.868. The third kappa shape index (κ3) is 4.03. The van der Waals surface area contributed by atoms with E-state index in [9.17, 15) is 13.2 Å². The molecular weight excluding hydrogens is 290 g/mol. The molecule has 1 aromatic heterocycles. The maximum Gasteiger partial charge on any atom is 0.263 e. The Morgan fingerprint density at radius 3 is 2.48 bits per heavy atom. The fourth-order valence-corrected chi connectivity index (χ4v) is 2.71. The molecule has 0 radical (unpaired) electrons. The van der Waals surface area contributed by atoms with Gasteiger partial charge in [0.05, 0.1) is 6.42 Å². The summed E-state index contributed by atoms with van der Waals surface area (Å²) in [5, 5.41) is 2.53. The van der Waals surface area contributed by atoms with Gasteiger partial charge in [0.25, 0.3) is 10.0 Å². The molecule has 0 fully saturated rings. The first-order chi connectivity index (χ1) is 10.0. The van der Waals surface area contributed by atoms with Crippen LogP contribution < -0.4 is 10.0 Å². The zero-order chi connectivity index (χ0) is 15.3. The Kier molecular flexibility index (Phi) is 4.54. The molecule has 0 bridgehead atoms. The molecular formula is C14H15N3O3S. The molecule has 0 saturated heterocycles. The minimum atomic E-state index is -3.65. The van der Waals surface area contributed by atoms with E-state index in [-0.39, 0.29) is 17.2 Å². The van der Waals surface area contributed by atoms with E-state index < -0.39 is 10.0 Å². The van der Waals surface area contributed by atoms with Gasteiger partial charge in [-0.3, -0.25) is 14.5 Å². The lowest BCUT2D eigenvalue weighted by atomic mass is 10.1. The van der Waals surface area contributed by atoms with E-state index >= 15 is 0 Å². The summed E-state index contributed by atoms with van der Waals surface area (Å²) in [6, 6.07) is 9.67. The van der Waals surface area contributed by atoms with Gasteiger partial charge in [0, 0.05) is 25.1 Å². The van der Waals surface area contributed by atoms with Crippen LogP contribution in [0.15, 0.2) is 53.7 Å². The Balaban J connectivity index is 2.12. The van der Waals surface area contributed by atoms with Crippen LogP contribution in [-0.4, -0.2) is 26.4 Å². The molecule has 1 aromatic carbocycles. The van der Waals surface area contributed by atoms with E-state index in [0.717, 1.165) is 5.56 Å². The molecule has 7 heteroatoms. The van der Waals surface area contributed by atoms with Gasteiger partial charge in [0.1, 0.15) is 4.90 Å². The van der Waals surface area contributed by atoms with Crippen molar-refractivity contribution >= 4 is 21.6 Å². The van der Waals surface area contributed by atoms with E-state index in [1.807, 2.05) is 0 Å². The molecule has 6 nitrogen and oxygen atoms in total. The van der Waals surface area contributed by atoms with Crippen LogP contribution >= 0.6 is 0 Å². The molecule has 0 aliphatic carbocycles. The fourth-order valence-electron chi connectivity index (χ4n) is 1.68. The number of hydrogen-bond acceptors (Lipinski definition) is 4. The van der Waals surface area contributed by atoms with Crippen molar-refractivity contribution in [2.24, 2.45) is 0 Å². The minimum absolute atomic E-state index is 0.0967.